The Morgan fingerprint density at radius 3 is 2.24 bits per heavy atom. The van der Waals surface area contributed by atoms with Gasteiger partial charge in [0, 0.05) is 95.8 Å². The van der Waals surface area contributed by atoms with Gasteiger partial charge in [0.05, 0.1) is 11.7 Å². The number of benzene rings is 4. The van der Waals surface area contributed by atoms with Crippen LogP contribution in [0.15, 0.2) is 91.0 Å². The van der Waals surface area contributed by atoms with Gasteiger partial charge in [-0.15, -0.1) is 11.6 Å². The molecule has 3 aliphatic heterocycles. The summed E-state index contributed by atoms with van der Waals surface area (Å²) >= 11 is 6.51. The highest BCUT2D eigenvalue weighted by molar-refractivity contribution is 6.19. The van der Waals surface area contributed by atoms with Crippen LogP contribution >= 0.6 is 11.6 Å². The minimum atomic E-state index is -1.92. The number of nitrogens with one attached hydrogen (secondary N) is 6. The van der Waals surface area contributed by atoms with Crippen molar-refractivity contribution in [2.45, 2.75) is 88.2 Å². The number of aliphatic hydroxyl groups excluding tert-OH is 3. The summed E-state index contributed by atoms with van der Waals surface area (Å²) in [5, 5.41) is 57.3. The number of imide groups is 1. The minimum absolute atomic E-state index is 0.102. The number of carboxylic acids is 1. The smallest absolute Gasteiger partial charge is 0.335 e. The third-order valence-electron chi connectivity index (χ3n) is 13.9. The van der Waals surface area contributed by atoms with Crippen molar-refractivity contribution in [1.82, 2.24) is 25.8 Å². The average molecular weight is 1110 g/mol. The number of aliphatic carboxylic acids is 1. The summed E-state index contributed by atoms with van der Waals surface area (Å²) in [6.45, 7) is 4.73. The molecule has 4 aromatic carbocycles. The van der Waals surface area contributed by atoms with E-state index in [0.717, 1.165) is 10.5 Å². The maximum atomic E-state index is 14.4. The molecular formula is C55H62ClN9O14. The number of carbonyl (C=O) groups excluding carboxylic acids is 7. The number of hydrogen-bond donors (Lipinski definition) is 11. The average Bonchev–Trinajstić information content (AvgIpc) is 4.37. The number of aromatic nitrogens is 1. The van der Waals surface area contributed by atoms with E-state index < -0.39 is 84.2 Å². The number of hydrogen-bond acceptors (Lipinski definition) is 15. The van der Waals surface area contributed by atoms with Gasteiger partial charge >= 0.3 is 5.97 Å². The fraction of sp³-hybridized carbons (Fsp3) is 0.382. The molecule has 4 heterocycles. The van der Waals surface area contributed by atoms with Crippen molar-refractivity contribution < 1.29 is 68.3 Å². The number of H-pyrrole nitrogens is 1. The first kappa shape index (κ1) is 57.4. The molecule has 0 saturated carbocycles. The normalized spacial score (nSPS) is 20.6. The Balaban J connectivity index is 0.872. The van der Waals surface area contributed by atoms with Crippen LogP contribution in [-0.4, -0.2) is 159 Å². The van der Waals surface area contributed by atoms with Crippen LogP contribution in [0.5, 0.6) is 5.75 Å². The number of carboxylic acid groups (broad SMARTS) is 1. The molecule has 5 aromatic rings. The summed E-state index contributed by atoms with van der Waals surface area (Å²) in [5.74, 6) is -4.71. The number of amides is 7. The Bertz CT molecular complexity index is 3150. The molecule has 2 unspecified atom stereocenters. The Labute approximate surface area is 457 Å². The summed E-state index contributed by atoms with van der Waals surface area (Å²) in [6, 6.07) is 19.9. The molecule has 23 nitrogen and oxygen atoms in total. The van der Waals surface area contributed by atoms with E-state index in [1.165, 1.54) is 29.2 Å². The first-order chi connectivity index (χ1) is 37.9. The topological polar surface area (TPSA) is 344 Å². The van der Waals surface area contributed by atoms with E-state index in [2.05, 4.69) is 31.6 Å². The molecule has 8 atom stereocenters. The third-order valence-corrected chi connectivity index (χ3v) is 14.3. The van der Waals surface area contributed by atoms with E-state index in [4.69, 9.17) is 26.8 Å². The molecule has 1 saturated heterocycles. The zero-order chi connectivity index (χ0) is 56.7. The van der Waals surface area contributed by atoms with Gasteiger partial charge in [0.2, 0.25) is 24.0 Å². The van der Waals surface area contributed by atoms with Gasteiger partial charge in [-0.3, -0.25) is 38.5 Å². The molecule has 0 spiro atoms. The monoisotopic (exact) mass is 1110 g/mol. The van der Waals surface area contributed by atoms with E-state index >= 15 is 0 Å². The minimum Gasteiger partial charge on any atom is -0.479 e. The van der Waals surface area contributed by atoms with Crippen LogP contribution in [0.3, 0.4) is 0 Å². The lowest BCUT2D eigenvalue weighted by atomic mass is 9.95. The number of alkyl halides is 1. The van der Waals surface area contributed by atoms with Crippen molar-refractivity contribution in [2.24, 2.45) is 11.7 Å². The van der Waals surface area contributed by atoms with Gasteiger partial charge in [0.1, 0.15) is 35.8 Å². The van der Waals surface area contributed by atoms with Crippen LogP contribution in [-0.2, 0) is 33.5 Å². The second-order valence-electron chi connectivity index (χ2n) is 19.8. The number of halogens is 1. The number of ether oxygens (including phenoxy) is 2. The van der Waals surface area contributed by atoms with Crippen LogP contribution in [0.2, 0.25) is 0 Å². The molecule has 79 heavy (non-hydrogen) atoms. The zero-order valence-corrected chi connectivity index (χ0v) is 43.9. The molecule has 1 fully saturated rings. The lowest BCUT2D eigenvalue weighted by Gasteiger charge is -2.38. The van der Waals surface area contributed by atoms with Crippen molar-refractivity contribution in [3.63, 3.8) is 0 Å². The molecular weight excluding hydrogens is 1050 g/mol. The molecule has 24 heteroatoms. The first-order valence-corrected chi connectivity index (χ1v) is 26.3. The maximum Gasteiger partial charge on any atom is 0.335 e. The number of anilines is 3. The highest BCUT2D eigenvalue weighted by atomic mass is 35.5. The van der Waals surface area contributed by atoms with Crippen molar-refractivity contribution in [1.29, 1.82) is 0 Å². The second-order valence-corrected chi connectivity index (χ2v) is 20.1. The van der Waals surface area contributed by atoms with Gasteiger partial charge in [0.25, 0.3) is 23.6 Å². The summed E-state index contributed by atoms with van der Waals surface area (Å²) in [4.78, 5) is 109. The third kappa shape index (κ3) is 13.1. The number of rotatable bonds is 23. The summed E-state index contributed by atoms with van der Waals surface area (Å²) in [7, 11) is 0. The first-order valence-electron chi connectivity index (χ1n) is 25.8. The van der Waals surface area contributed by atoms with E-state index in [1.54, 1.807) is 60.7 Å². The largest absolute Gasteiger partial charge is 0.479 e. The predicted molar refractivity (Wildman–Crippen MR) is 290 cm³/mol. The van der Waals surface area contributed by atoms with Crippen LogP contribution in [0.25, 0.3) is 21.7 Å². The quantitative estimate of drug-likeness (QED) is 0.0254. The van der Waals surface area contributed by atoms with Crippen molar-refractivity contribution >= 4 is 97.7 Å². The zero-order valence-electron chi connectivity index (χ0n) is 43.1. The molecule has 7 amide bonds. The number of carbonyl (C=O) groups is 8. The summed E-state index contributed by atoms with van der Waals surface area (Å²) < 4.78 is 11.5. The van der Waals surface area contributed by atoms with E-state index in [9.17, 15) is 58.8 Å². The fourth-order valence-electron chi connectivity index (χ4n) is 9.76. The number of aromatic amines is 1. The van der Waals surface area contributed by atoms with Gasteiger partial charge in [-0.1, -0.05) is 38.1 Å². The van der Waals surface area contributed by atoms with E-state index in [1.807, 2.05) is 19.9 Å². The van der Waals surface area contributed by atoms with Gasteiger partial charge in [-0.2, -0.15) is 0 Å². The van der Waals surface area contributed by atoms with Crippen LogP contribution in [0.4, 0.5) is 17.1 Å². The highest BCUT2D eigenvalue weighted by Crippen LogP contribution is 2.47. The van der Waals surface area contributed by atoms with Crippen molar-refractivity contribution in [3.05, 3.63) is 108 Å². The van der Waals surface area contributed by atoms with Crippen molar-refractivity contribution in [3.8, 4) is 5.75 Å². The Hall–Kier alpha value is -7.77. The predicted octanol–water partition coefficient (Wildman–Crippen LogP) is 2.43. The second kappa shape index (κ2) is 25.4. The van der Waals surface area contributed by atoms with Crippen LogP contribution in [0.1, 0.15) is 71.9 Å². The number of aliphatic hydroxyl groups is 3. The molecule has 0 aliphatic carbocycles. The highest BCUT2D eigenvalue weighted by Gasteiger charge is 2.48. The Morgan fingerprint density at radius 1 is 0.848 bits per heavy atom. The van der Waals surface area contributed by atoms with E-state index in [0.29, 0.717) is 51.6 Å². The van der Waals surface area contributed by atoms with Gasteiger partial charge in [-0.25, -0.2) is 4.79 Å². The standard InChI is InChI=1S/C55H62ClN9O14/c1-28(2)45(59-21-20-58-41(66)10-6-22-64-42(67)17-18-43(64)68)52(74)63-37(9-5-19-57)51(73)60-32-13-11-29(12-14-32)50(72)61-33-15-16-36-30(23-33)24-38(62-36)53(75)65-27-31(26-56)44-35-8-4-3-7-34(35)40(25-39(44)65)78-55-48(71)46(69)47(70)49(79-55)54(76)77/h3-4,7-8,11-18,23-25,28,31,37,45-49,55,59,62,69-71H,5-6,9-10,19-22,26-27,57H2,1-2H3,(H,58,66)(H,60,73)(H,61,72)(H,63,74)(H,76,77)/t31-,37+,45+,46?,47+,48-,49?,55+/m1/s1. The maximum absolute atomic E-state index is 14.4. The molecule has 418 valence electrons. The molecule has 12 N–H and O–H groups in total. The molecule has 0 bridgehead atoms. The van der Waals surface area contributed by atoms with Crippen molar-refractivity contribution in [2.75, 3.05) is 54.1 Å². The van der Waals surface area contributed by atoms with Gasteiger partial charge in [0.15, 0.2) is 6.10 Å². The molecule has 0 radical (unpaired) electrons. The number of fused-ring (bicyclic) bond motifs is 4. The molecule has 8 rings (SSSR count). The fourth-order valence-corrected chi connectivity index (χ4v) is 10.0. The van der Waals surface area contributed by atoms with Gasteiger partial charge in [-0.05, 0) is 91.2 Å². The molecule has 1 aromatic heterocycles. The number of nitrogens with zero attached hydrogens (tertiary/aromatic N) is 2. The van der Waals surface area contributed by atoms with Gasteiger partial charge < -0.3 is 72.1 Å². The lowest BCUT2D eigenvalue weighted by molar-refractivity contribution is -0.270. The SMILES string of the molecule is CC(C)[C@H](NCCNC(=O)CCCN1C(=O)C=CC1=O)C(=O)N[C@@H](CCCN)C(=O)Nc1ccc(C(=O)Nc2ccc3[nH]c(C(=O)N4C[C@@H](CCl)c5c4cc(O[C@H]4OC(C(=O)O)[C@@H](O)C(O)[C@H]4O)c4ccccc54)cc3c2)cc1. The lowest BCUT2D eigenvalue weighted by Crippen LogP contribution is -2.61. The molecule has 3 aliphatic rings. The Kier molecular flexibility index (Phi) is 18.4. The van der Waals surface area contributed by atoms with Crippen LogP contribution < -0.4 is 42.0 Å². The van der Waals surface area contributed by atoms with Crippen LogP contribution in [0, 0.1) is 5.92 Å². The summed E-state index contributed by atoms with van der Waals surface area (Å²) in [6.07, 6.45) is -5.78. The summed E-state index contributed by atoms with van der Waals surface area (Å²) in [5.41, 5.74) is 8.82. The number of nitrogens with two attached hydrogens (primary N) is 1. The Morgan fingerprint density at radius 2 is 1.56 bits per heavy atom. The van der Waals surface area contributed by atoms with E-state index in [-0.39, 0.29) is 86.2 Å².